The van der Waals surface area contributed by atoms with Gasteiger partial charge in [0, 0.05) is 19.6 Å². The van der Waals surface area contributed by atoms with Crippen molar-refractivity contribution >= 4 is 17.4 Å². The number of benzene rings is 1. The van der Waals surface area contributed by atoms with E-state index in [1.807, 2.05) is 30.3 Å². The number of nitrogen functional groups attached to an aromatic ring is 1. The monoisotopic (exact) mass is 443 g/mol. The summed E-state index contributed by atoms with van der Waals surface area (Å²) in [6.07, 6.45) is 4.07. The van der Waals surface area contributed by atoms with Crippen LogP contribution in [0, 0.1) is 5.92 Å². The van der Waals surface area contributed by atoms with Gasteiger partial charge in [-0.15, -0.1) is 0 Å². The Kier molecular flexibility index (Phi) is 7.74. The highest BCUT2D eigenvalue weighted by atomic mass is 16.3. The fourth-order valence-corrected chi connectivity index (χ4v) is 4.30. The van der Waals surface area contributed by atoms with Crippen LogP contribution in [-0.2, 0) is 11.3 Å². The van der Waals surface area contributed by atoms with Gasteiger partial charge in [-0.1, -0.05) is 37.3 Å². The van der Waals surface area contributed by atoms with E-state index in [0.717, 1.165) is 31.2 Å². The molecule has 1 aliphatic carbocycles. The number of nitrogens with zero attached hydrogens (tertiary/aromatic N) is 3. The summed E-state index contributed by atoms with van der Waals surface area (Å²) < 4.78 is 1.27. The molecule has 2 aromatic rings. The first-order valence-corrected chi connectivity index (χ1v) is 11.1. The molecule has 0 aliphatic heterocycles. The lowest BCUT2D eigenvalue weighted by Crippen LogP contribution is -2.47. The SMILES string of the molecule is CC1CCC(N(C)C(=O)CN(CCO)c2c(N)n(Cc3ccccc3)c(=O)[nH]c2=O)CC1. The second-order valence-corrected chi connectivity index (χ2v) is 8.63. The van der Waals surface area contributed by atoms with Gasteiger partial charge in [0.1, 0.15) is 11.5 Å². The van der Waals surface area contributed by atoms with Crippen LogP contribution in [0.4, 0.5) is 11.5 Å². The number of aromatic nitrogens is 2. The Morgan fingerprint density at radius 1 is 1.19 bits per heavy atom. The molecule has 4 N–H and O–H groups in total. The van der Waals surface area contributed by atoms with Gasteiger partial charge in [0.2, 0.25) is 5.91 Å². The van der Waals surface area contributed by atoms with Crippen LogP contribution in [0.2, 0.25) is 0 Å². The van der Waals surface area contributed by atoms with Crippen LogP contribution in [0.3, 0.4) is 0 Å². The van der Waals surface area contributed by atoms with E-state index >= 15 is 0 Å². The number of amides is 1. The summed E-state index contributed by atoms with van der Waals surface area (Å²) in [7, 11) is 1.78. The number of nitrogens with one attached hydrogen (secondary N) is 1. The number of carbonyl (C=O) groups excluding carboxylic acids is 1. The molecule has 0 unspecified atom stereocenters. The van der Waals surface area contributed by atoms with E-state index in [1.54, 1.807) is 11.9 Å². The minimum Gasteiger partial charge on any atom is -0.395 e. The fraction of sp³-hybridized carbons (Fsp3) is 0.522. The summed E-state index contributed by atoms with van der Waals surface area (Å²) in [6.45, 7) is 2.06. The standard InChI is InChI=1S/C23H33N5O4/c1-16-8-10-18(11-9-16)26(2)19(30)15-27(12-13-29)20-21(24)28(23(32)25-22(20)31)14-17-6-4-3-5-7-17/h3-7,16,18,29H,8-15,24H2,1-2H3,(H,25,31,32). The van der Waals surface area contributed by atoms with Crippen molar-refractivity contribution < 1.29 is 9.90 Å². The molecule has 1 heterocycles. The maximum atomic E-state index is 13.0. The molecule has 9 heteroatoms. The van der Waals surface area contributed by atoms with Gasteiger partial charge in [-0.2, -0.15) is 0 Å². The molecular weight excluding hydrogens is 410 g/mol. The Morgan fingerprint density at radius 2 is 1.84 bits per heavy atom. The maximum absolute atomic E-state index is 13.0. The molecule has 1 aliphatic rings. The van der Waals surface area contributed by atoms with Gasteiger partial charge in [0.15, 0.2) is 0 Å². The van der Waals surface area contributed by atoms with E-state index in [2.05, 4.69) is 11.9 Å². The number of hydrogen-bond donors (Lipinski definition) is 3. The minimum atomic E-state index is -0.674. The maximum Gasteiger partial charge on any atom is 0.330 e. The van der Waals surface area contributed by atoms with Crippen molar-refractivity contribution in [3.63, 3.8) is 0 Å². The average Bonchev–Trinajstić information content (AvgIpc) is 2.77. The predicted octanol–water partition coefficient (Wildman–Crippen LogP) is 1.00. The zero-order valence-electron chi connectivity index (χ0n) is 18.8. The highest BCUT2D eigenvalue weighted by Crippen LogP contribution is 2.27. The van der Waals surface area contributed by atoms with E-state index in [9.17, 15) is 19.5 Å². The van der Waals surface area contributed by atoms with Gasteiger partial charge in [-0.05, 0) is 37.2 Å². The zero-order chi connectivity index (χ0) is 23.3. The van der Waals surface area contributed by atoms with Crippen LogP contribution in [0.25, 0.3) is 0 Å². The summed E-state index contributed by atoms with van der Waals surface area (Å²) in [5.41, 5.74) is 5.84. The van der Waals surface area contributed by atoms with Gasteiger partial charge in [0.25, 0.3) is 5.56 Å². The van der Waals surface area contributed by atoms with Crippen LogP contribution >= 0.6 is 0 Å². The van der Waals surface area contributed by atoms with Crippen LogP contribution in [0.15, 0.2) is 39.9 Å². The summed E-state index contributed by atoms with van der Waals surface area (Å²) >= 11 is 0. The van der Waals surface area contributed by atoms with Gasteiger partial charge >= 0.3 is 5.69 Å². The highest BCUT2D eigenvalue weighted by molar-refractivity contribution is 5.82. The normalized spacial score (nSPS) is 18.3. The van der Waals surface area contributed by atoms with Crippen molar-refractivity contribution in [3.05, 3.63) is 56.7 Å². The molecule has 1 amide bonds. The minimum absolute atomic E-state index is 0.0218. The number of aromatic amines is 1. The molecule has 32 heavy (non-hydrogen) atoms. The van der Waals surface area contributed by atoms with E-state index in [1.165, 1.54) is 9.47 Å². The number of hydrogen-bond acceptors (Lipinski definition) is 6. The molecule has 174 valence electrons. The molecule has 9 nitrogen and oxygen atoms in total. The third-order valence-corrected chi connectivity index (χ3v) is 6.34. The molecule has 0 saturated heterocycles. The van der Waals surface area contributed by atoms with Crippen molar-refractivity contribution in [2.75, 3.05) is 37.4 Å². The van der Waals surface area contributed by atoms with E-state index in [0.29, 0.717) is 5.92 Å². The average molecular weight is 444 g/mol. The number of carbonyl (C=O) groups is 1. The molecule has 0 radical (unpaired) electrons. The number of nitrogens with two attached hydrogens (primary N) is 1. The third-order valence-electron chi connectivity index (χ3n) is 6.34. The largest absolute Gasteiger partial charge is 0.395 e. The Balaban J connectivity index is 1.86. The van der Waals surface area contributed by atoms with E-state index in [-0.39, 0.29) is 49.7 Å². The molecule has 3 rings (SSSR count). The van der Waals surface area contributed by atoms with Crippen molar-refractivity contribution in [1.29, 1.82) is 0 Å². The van der Waals surface area contributed by atoms with Crippen molar-refractivity contribution in [2.24, 2.45) is 5.92 Å². The van der Waals surface area contributed by atoms with Gasteiger partial charge in [-0.3, -0.25) is 19.1 Å². The number of rotatable bonds is 8. The molecular formula is C23H33N5O4. The molecule has 0 spiro atoms. The predicted molar refractivity (Wildman–Crippen MR) is 125 cm³/mol. The number of anilines is 2. The Hall–Kier alpha value is -3.07. The molecule has 1 aromatic carbocycles. The van der Waals surface area contributed by atoms with Crippen LogP contribution < -0.4 is 21.9 Å². The smallest absolute Gasteiger partial charge is 0.330 e. The van der Waals surface area contributed by atoms with Crippen LogP contribution in [0.5, 0.6) is 0 Å². The van der Waals surface area contributed by atoms with Gasteiger partial charge in [0.05, 0.1) is 19.7 Å². The Bertz CT molecular complexity index is 1020. The summed E-state index contributed by atoms with van der Waals surface area (Å²) in [4.78, 5) is 43.6. The van der Waals surface area contributed by atoms with Crippen molar-refractivity contribution in [1.82, 2.24) is 14.5 Å². The van der Waals surface area contributed by atoms with Crippen molar-refractivity contribution in [2.45, 2.75) is 45.2 Å². The zero-order valence-corrected chi connectivity index (χ0v) is 18.8. The number of aliphatic hydroxyl groups excluding tert-OH is 1. The first kappa shape index (κ1) is 23.6. The summed E-state index contributed by atoms with van der Waals surface area (Å²) in [5, 5.41) is 9.58. The fourth-order valence-electron chi connectivity index (χ4n) is 4.30. The van der Waals surface area contributed by atoms with E-state index < -0.39 is 11.2 Å². The second-order valence-electron chi connectivity index (χ2n) is 8.63. The molecule has 1 fully saturated rings. The van der Waals surface area contributed by atoms with Gasteiger partial charge in [-0.25, -0.2) is 4.79 Å². The first-order valence-electron chi connectivity index (χ1n) is 11.1. The first-order chi connectivity index (χ1) is 15.3. The molecule has 0 atom stereocenters. The lowest BCUT2D eigenvalue weighted by atomic mass is 9.87. The lowest BCUT2D eigenvalue weighted by molar-refractivity contribution is -0.131. The summed E-state index contributed by atoms with van der Waals surface area (Å²) in [5.74, 6) is 0.486. The molecule has 1 saturated carbocycles. The quantitative estimate of drug-likeness (QED) is 0.559. The topological polar surface area (TPSA) is 125 Å². The number of H-pyrrole nitrogens is 1. The van der Waals surface area contributed by atoms with E-state index in [4.69, 9.17) is 5.73 Å². The molecule has 0 bridgehead atoms. The second kappa shape index (κ2) is 10.5. The number of aliphatic hydroxyl groups is 1. The van der Waals surface area contributed by atoms with Crippen molar-refractivity contribution in [3.8, 4) is 0 Å². The van der Waals surface area contributed by atoms with Gasteiger partial charge < -0.3 is 20.6 Å². The number of likely N-dealkylation sites (N-methyl/N-ethyl adjacent to an activating group) is 1. The van der Waals surface area contributed by atoms with Crippen LogP contribution in [-0.4, -0.2) is 58.3 Å². The summed E-state index contributed by atoms with van der Waals surface area (Å²) in [6, 6.07) is 9.43. The molecule has 1 aromatic heterocycles. The van der Waals surface area contributed by atoms with Crippen LogP contribution in [0.1, 0.15) is 38.2 Å². The Morgan fingerprint density at radius 3 is 2.47 bits per heavy atom. The third kappa shape index (κ3) is 5.40. The Labute approximate surface area is 187 Å². The highest BCUT2D eigenvalue weighted by Gasteiger charge is 2.27. The lowest BCUT2D eigenvalue weighted by Gasteiger charge is -2.35.